The van der Waals surface area contributed by atoms with Gasteiger partial charge in [0.05, 0.1) is 5.75 Å². The van der Waals surface area contributed by atoms with E-state index in [2.05, 4.69) is 9.47 Å². The van der Waals surface area contributed by atoms with Crippen molar-refractivity contribution in [1.82, 2.24) is 4.90 Å². The molecule has 0 aromatic rings. The van der Waals surface area contributed by atoms with Gasteiger partial charge in [-0.2, -0.15) is 0 Å². The van der Waals surface area contributed by atoms with Crippen molar-refractivity contribution in [2.45, 2.75) is 0 Å². The normalized spacial score (nSPS) is 11.2. The largest absolute Gasteiger partial charge is 0.467 e. The number of carbonyl (C=O) groups is 2. The summed E-state index contributed by atoms with van der Waals surface area (Å²) >= 11 is 0. The Labute approximate surface area is 101 Å². The van der Waals surface area contributed by atoms with Gasteiger partial charge in [0, 0.05) is 25.9 Å². The molecule has 0 saturated heterocycles. The molecular weight excluding hydrogens is 250 g/mol. The highest BCUT2D eigenvalue weighted by molar-refractivity contribution is 7.90. The van der Waals surface area contributed by atoms with Gasteiger partial charge in [-0.25, -0.2) is 8.42 Å². The average molecular weight is 267 g/mol. The van der Waals surface area contributed by atoms with E-state index in [1.54, 1.807) is 4.90 Å². The summed E-state index contributed by atoms with van der Waals surface area (Å²) in [5.74, 6) is 0.00911. The minimum atomic E-state index is -3.04. The molecule has 0 aromatic heterocycles. The molecule has 0 spiro atoms. The average Bonchev–Trinajstić information content (AvgIpc) is 2.24. The monoisotopic (exact) mass is 267 g/mol. The molecule has 0 bridgehead atoms. The topological polar surface area (TPSA) is 90.0 Å². The number of sulfone groups is 1. The molecule has 0 aliphatic heterocycles. The van der Waals surface area contributed by atoms with Crippen LogP contribution in [0.15, 0.2) is 0 Å². The molecule has 0 N–H and O–H groups in total. The number of ether oxygens (including phenoxy) is 2. The van der Waals surface area contributed by atoms with Gasteiger partial charge in [-0.1, -0.05) is 0 Å². The van der Waals surface area contributed by atoms with E-state index in [0.717, 1.165) is 6.26 Å². The quantitative estimate of drug-likeness (QED) is 0.339. The van der Waals surface area contributed by atoms with Gasteiger partial charge in [0.1, 0.15) is 23.1 Å². The molecule has 7 nitrogen and oxygen atoms in total. The summed E-state index contributed by atoms with van der Waals surface area (Å²) in [5.41, 5.74) is 0. The maximum absolute atomic E-state index is 11.0. The number of nitrogens with zero attached hydrogens (tertiary/aromatic N) is 1. The fourth-order valence-corrected chi connectivity index (χ4v) is 1.68. The highest BCUT2D eigenvalue weighted by Crippen LogP contribution is 1.92. The van der Waals surface area contributed by atoms with E-state index in [1.165, 1.54) is 0 Å². The van der Waals surface area contributed by atoms with Crippen LogP contribution in [-0.4, -0.2) is 71.1 Å². The Balaban J connectivity index is 3.99. The second-order valence-electron chi connectivity index (χ2n) is 3.41. The molecule has 0 radical (unpaired) electrons. The maximum Gasteiger partial charge on any atom is 0.293 e. The van der Waals surface area contributed by atoms with E-state index in [0.29, 0.717) is 32.6 Å². The molecule has 0 heterocycles. The van der Waals surface area contributed by atoms with Gasteiger partial charge in [-0.05, 0) is 0 Å². The number of carbonyl (C=O) groups excluding carboxylic acids is 2. The van der Waals surface area contributed by atoms with Crippen molar-refractivity contribution in [3.8, 4) is 0 Å². The van der Waals surface area contributed by atoms with Crippen LogP contribution in [0.1, 0.15) is 0 Å². The lowest BCUT2D eigenvalue weighted by Crippen LogP contribution is -2.34. The first-order chi connectivity index (χ1) is 7.99. The first-order valence-corrected chi connectivity index (χ1v) is 7.06. The maximum atomic E-state index is 11.0. The highest BCUT2D eigenvalue weighted by Gasteiger charge is 2.09. The van der Waals surface area contributed by atoms with Gasteiger partial charge in [0.25, 0.3) is 12.9 Å². The molecule has 8 heteroatoms. The molecule has 0 fully saturated rings. The number of rotatable bonds is 11. The van der Waals surface area contributed by atoms with Crippen LogP contribution in [0, 0.1) is 0 Å². The van der Waals surface area contributed by atoms with Crippen LogP contribution in [0.25, 0.3) is 0 Å². The van der Waals surface area contributed by atoms with Gasteiger partial charge >= 0.3 is 0 Å². The van der Waals surface area contributed by atoms with Crippen LogP contribution in [0.3, 0.4) is 0 Å². The predicted molar refractivity (Wildman–Crippen MR) is 60.2 cm³/mol. The van der Waals surface area contributed by atoms with Gasteiger partial charge in [-0.3, -0.25) is 14.5 Å². The summed E-state index contributed by atoms with van der Waals surface area (Å²) in [6, 6.07) is 0. The minimum absolute atomic E-state index is 0.00911. The fraction of sp³-hybridized carbons (Fsp3) is 0.778. The number of hydrogen-bond acceptors (Lipinski definition) is 7. The SMILES string of the molecule is CS(=O)(=O)CCN(CCOC=O)CCOC=O. The second-order valence-corrected chi connectivity index (χ2v) is 5.67. The molecule has 0 aliphatic rings. The zero-order valence-electron chi connectivity index (χ0n) is 9.70. The first kappa shape index (κ1) is 15.9. The van der Waals surface area contributed by atoms with Gasteiger partial charge < -0.3 is 9.47 Å². The van der Waals surface area contributed by atoms with E-state index >= 15 is 0 Å². The Morgan fingerprint density at radius 1 is 1.00 bits per heavy atom. The van der Waals surface area contributed by atoms with Crippen molar-refractivity contribution in [3.05, 3.63) is 0 Å². The Morgan fingerprint density at radius 2 is 1.47 bits per heavy atom. The Bertz CT molecular complexity index is 301. The molecule has 0 saturated carbocycles. The van der Waals surface area contributed by atoms with E-state index in [-0.39, 0.29) is 19.0 Å². The van der Waals surface area contributed by atoms with Crippen LogP contribution in [0.2, 0.25) is 0 Å². The molecule has 0 atom stereocenters. The van der Waals surface area contributed by atoms with Crippen molar-refractivity contribution in [2.75, 3.05) is 44.9 Å². The first-order valence-electron chi connectivity index (χ1n) is 5.00. The smallest absolute Gasteiger partial charge is 0.293 e. The summed E-state index contributed by atoms with van der Waals surface area (Å²) in [6.07, 6.45) is 1.15. The predicted octanol–water partition coefficient (Wildman–Crippen LogP) is -1.32. The zero-order valence-corrected chi connectivity index (χ0v) is 10.5. The van der Waals surface area contributed by atoms with Gasteiger partial charge in [0.2, 0.25) is 0 Å². The zero-order chi connectivity index (χ0) is 13.1. The fourth-order valence-electron chi connectivity index (χ4n) is 1.09. The van der Waals surface area contributed by atoms with Crippen molar-refractivity contribution in [2.24, 2.45) is 0 Å². The Hall–Kier alpha value is -1.15. The summed E-state index contributed by atoms with van der Waals surface area (Å²) in [5, 5.41) is 0. The van der Waals surface area contributed by atoms with Gasteiger partial charge in [-0.15, -0.1) is 0 Å². The van der Waals surface area contributed by atoms with E-state index in [9.17, 15) is 18.0 Å². The third-order valence-corrected chi connectivity index (χ3v) is 2.89. The molecule has 0 amide bonds. The van der Waals surface area contributed by atoms with E-state index in [1.807, 2.05) is 0 Å². The third-order valence-electron chi connectivity index (χ3n) is 1.97. The van der Waals surface area contributed by atoms with Gasteiger partial charge in [0.15, 0.2) is 0 Å². The van der Waals surface area contributed by atoms with Crippen LogP contribution in [0.4, 0.5) is 0 Å². The lowest BCUT2D eigenvalue weighted by atomic mass is 10.5. The third kappa shape index (κ3) is 11.1. The lowest BCUT2D eigenvalue weighted by Gasteiger charge is -2.20. The summed E-state index contributed by atoms with van der Waals surface area (Å²) < 4.78 is 31.0. The molecule has 0 aromatic carbocycles. The second kappa shape index (κ2) is 8.94. The molecule has 100 valence electrons. The van der Waals surface area contributed by atoms with E-state index < -0.39 is 9.84 Å². The Kier molecular flexibility index (Phi) is 8.34. The van der Waals surface area contributed by atoms with Crippen molar-refractivity contribution in [1.29, 1.82) is 0 Å². The number of hydrogen-bond donors (Lipinski definition) is 0. The molecule has 17 heavy (non-hydrogen) atoms. The molecule has 0 aliphatic carbocycles. The Morgan fingerprint density at radius 3 is 1.82 bits per heavy atom. The lowest BCUT2D eigenvalue weighted by molar-refractivity contribution is -0.129. The van der Waals surface area contributed by atoms with Crippen LogP contribution in [-0.2, 0) is 28.9 Å². The van der Waals surface area contributed by atoms with Crippen LogP contribution < -0.4 is 0 Å². The molecule has 0 unspecified atom stereocenters. The van der Waals surface area contributed by atoms with Crippen molar-refractivity contribution in [3.63, 3.8) is 0 Å². The van der Waals surface area contributed by atoms with Crippen LogP contribution in [0.5, 0.6) is 0 Å². The standard InChI is InChI=1S/C9H17NO6S/c1-17(13,14)7-4-10(2-5-15-8-11)3-6-16-9-12/h8-9H,2-7H2,1H3. The summed E-state index contributed by atoms with van der Waals surface area (Å²) in [7, 11) is -3.04. The van der Waals surface area contributed by atoms with Crippen molar-refractivity contribution < 1.29 is 27.5 Å². The molecular formula is C9H17NO6S. The van der Waals surface area contributed by atoms with Crippen molar-refractivity contribution >= 4 is 22.8 Å². The highest BCUT2D eigenvalue weighted by atomic mass is 32.2. The summed E-state index contributed by atoms with van der Waals surface area (Å²) in [4.78, 5) is 21.7. The molecule has 0 rings (SSSR count). The summed E-state index contributed by atoms with van der Waals surface area (Å²) in [6.45, 7) is 2.12. The van der Waals surface area contributed by atoms with Crippen LogP contribution >= 0.6 is 0 Å². The minimum Gasteiger partial charge on any atom is -0.467 e. The van der Waals surface area contributed by atoms with E-state index in [4.69, 9.17) is 0 Å².